The number of aliphatic hydroxyl groups excluding tert-OH is 1. The van der Waals surface area contributed by atoms with Crippen molar-refractivity contribution >= 4 is 17.8 Å². The van der Waals surface area contributed by atoms with Gasteiger partial charge in [-0.3, -0.25) is 19.3 Å². The fourth-order valence-electron chi connectivity index (χ4n) is 4.00. The average Bonchev–Trinajstić information content (AvgIpc) is 2.91. The largest absolute Gasteiger partial charge is 0.457 e. The van der Waals surface area contributed by atoms with Gasteiger partial charge in [0.15, 0.2) is 18.7 Å². The number of rotatable bonds is 3. The van der Waals surface area contributed by atoms with E-state index in [0.29, 0.717) is 0 Å². The zero-order valence-corrected chi connectivity index (χ0v) is 16.8. The number of carbonyl (C=O) groups is 3. The fraction of sp³-hybridized carbons (Fsp3) is 0.476. The predicted molar refractivity (Wildman–Crippen MR) is 100 cm³/mol. The zero-order valence-electron chi connectivity index (χ0n) is 16.8. The smallest absolute Gasteiger partial charge is 0.303 e. The molecule has 0 aromatic heterocycles. The van der Waals surface area contributed by atoms with Crippen LogP contribution in [-0.4, -0.2) is 65.0 Å². The highest BCUT2D eigenvalue weighted by atomic mass is 16.7. The molecule has 2 saturated heterocycles. The maximum absolute atomic E-state index is 12.7. The van der Waals surface area contributed by atoms with Gasteiger partial charge in [0.2, 0.25) is 0 Å². The first-order valence-corrected chi connectivity index (χ1v) is 9.67. The van der Waals surface area contributed by atoms with E-state index in [1.807, 2.05) is 30.3 Å². The Morgan fingerprint density at radius 1 is 1.10 bits per heavy atom. The molecule has 0 unspecified atom stereocenters. The Morgan fingerprint density at radius 3 is 2.33 bits per heavy atom. The van der Waals surface area contributed by atoms with E-state index in [1.54, 1.807) is 0 Å². The van der Waals surface area contributed by atoms with Gasteiger partial charge in [-0.05, 0) is 13.8 Å². The molecular formula is C21H23NO8. The van der Waals surface area contributed by atoms with Crippen molar-refractivity contribution in [3.05, 3.63) is 47.0 Å². The molecule has 9 nitrogen and oxygen atoms in total. The zero-order chi connectivity index (χ0) is 21.6. The van der Waals surface area contributed by atoms with Gasteiger partial charge < -0.3 is 24.1 Å². The topological polar surface area (TPSA) is 112 Å². The minimum atomic E-state index is -1.57. The van der Waals surface area contributed by atoms with Crippen molar-refractivity contribution in [1.82, 2.24) is 4.90 Å². The number of aliphatic hydroxyl groups is 1. The number of hydrogen-bond acceptors (Lipinski definition) is 8. The van der Waals surface area contributed by atoms with E-state index in [-0.39, 0.29) is 17.8 Å². The highest BCUT2D eigenvalue weighted by Crippen LogP contribution is 2.38. The minimum Gasteiger partial charge on any atom is -0.457 e. The van der Waals surface area contributed by atoms with Crippen LogP contribution in [0.2, 0.25) is 0 Å². The van der Waals surface area contributed by atoms with E-state index in [0.717, 1.165) is 10.5 Å². The van der Waals surface area contributed by atoms with Crippen molar-refractivity contribution in [2.24, 2.45) is 0 Å². The summed E-state index contributed by atoms with van der Waals surface area (Å²) in [6.45, 7) is 4.35. The third-order valence-corrected chi connectivity index (χ3v) is 5.64. The van der Waals surface area contributed by atoms with Crippen molar-refractivity contribution in [3.8, 4) is 0 Å². The summed E-state index contributed by atoms with van der Waals surface area (Å²) in [6, 6.07) is 7.92. The van der Waals surface area contributed by atoms with Crippen molar-refractivity contribution in [2.75, 3.05) is 6.61 Å². The second-order valence-corrected chi connectivity index (χ2v) is 7.54. The molecule has 2 fully saturated rings. The molecule has 0 bridgehead atoms. The molecule has 160 valence electrons. The first-order valence-electron chi connectivity index (χ1n) is 9.67. The number of fused-ring (bicyclic) bond motifs is 1. The number of benzene rings is 1. The minimum absolute atomic E-state index is 0.0734. The first-order chi connectivity index (χ1) is 14.3. The van der Waals surface area contributed by atoms with Crippen LogP contribution in [-0.2, 0) is 33.3 Å². The maximum atomic E-state index is 12.7. The van der Waals surface area contributed by atoms with Gasteiger partial charge in [-0.25, -0.2) is 0 Å². The van der Waals surface area contributed by atoms with Crippen LogP contribution in [0.3, 0.4) is 0 Å². The number of amides is 2. The van der Waals surface area contributed by atoms with Gasteiger partial charge in [-0.1, -0.05) is 30.3 Å². The number of carbonyl (C=O) groups excluding carboxylic acids is 3. The average molecular weight is 417 g/mol. The quantitative estimate of drug-likeness (QED) is 0.569. The molecule has 3 aliphatic heterocycles. The molecule has 3 aliphatic rings. The molecule has 3 heterocycles. The Labute approximate surface area is 173 Å². The lowest BCUT2D eigenvalue weighted by molar-refractivity contribution is -0.344. The van der Waals surface area contributed by atoms with Crippen LogP contribution in [0.4, 0.5) is 0 Å². The number of imide groups is 1. The maximum Gasteiger partial charge on any atom is 0.303 e. The molecule has 6 atom stereocenters. The summed E-state index contributed by atoms with van der Waals surface area (Å²) >= 11 is 0. The molecule has 1 N–H and O–H groups in total. The van der Waals surface area contributed by atoms with Crippen molar-refractivity contribution < 1.29 is 38.4 Å². The monoisotopic (exact) mass is 417 g/mol. The standard InChI is InChI=1S/C21H23NO8/c1-10-11(2)19(25)22(18(10)24)15-17(28-12(3)23)16-14(29-20(15)26)9-27-21(30-16)13-7-5-4-6-8-13/h4-8,14-17,20-21,26H,9H2,1-3H3/t14-,15-,16-,17-,20-,21-/m1/s1. The van der Waals surface area contributed by atoms with Gasteiger partial charge in [0.1, 0.15) is 18.2 Å². The molecule has 0 saturated carbocycles. The second kappa shape index (κ2) is 7.92. The highest BCUT2D eigenvalue weighted by molar-refractivity contribution is 6.19. The molecule has 0 aliphatic carbocycles. The first kappa shape index (κ1) is 20.7. The van der Waals surface area contributed by atoms with Crippen LogP contribution < -0.4 is 0 Å². The van der Waals surface area contributed by atoms with Crippen LogP contribution in [0.25, 0.3) is 0 Å². The molecule has 4 rings (SSSR count). The van der Waals surface area contributed by atoms with Gasteiger partial charge in [0.25, 0.3) is 11.8 Å². The van der Waals surface area contributed by atoms with Crippen LogP contribution in [0.15, 0.2) is 41.5 Å². The third-order valence-electron chi connectivity index (χ3n) is 5.64. The Bertz CT molecular complexity index is 874. The Hall–Kier alpha value is -2.59. The van der Waals surface area contributed by atoms with E-state index in [9.17, 15) is 19.5 Å². The Kier molecular flexibility index (Phi) is 5.46. The molecule has 1 aromatic carbocycles. The van der Waals surface area contributed by atoms with Crippen LogP contribution in [0.1, 0.15) is 32.6 Å². The molecular weight excluding hydrogens is 394 g/mol. The lowest BCUT2D eigenvalue weighted by atomic mass is 9.94. The number of nitrogens with zero attached hydrogens (tertiary/aromatic N) is 1. The third kappa shape index (κ3) is 3.43. The SMILES string of the molecule is CC(=O)O[C@H]1[C@@H]2O[C@H](c3ccccc3)OC[C@H]2O[C@@H](O)[C@@H]1N1C(=O)C(C)=C(C)C1=O. The molecule has 1 aromatic rings. The Morgan fingerprint density at radius 2 is 1.73 bits per heavy atom. The van der Waals surface area contributed by atoms with Gasteiger partial charge in [-0.15, -0.1) is 0 Å². The van der Waals surface area contributed by atoms with E-state index in [2.05, 4.69) is 0 Å². The summed E-state index contributed by atoms with van der Waals surface area (Å²) in [4.78, 5) is 38.2. The summed E-state index contributed by atoms with van der Waals surface area (Å²) in [6.07, 6.45) is -5.05. The normalized spacial score (nSPS) is 34.2. The molecule has 30 heavy (non-hydrogen) atoms. The lowest BCUT2D eigenvalue weighted by Gasteiger charge is -2.49. The van der Waals surface area contributed by atoms with Crippen molar-refractivity contribution in [1.29, 1.82) is 0 Å². The number of ether oxygens (including phenoxy) is 4. The van der Waals surface area contributed by atoms with E-state index >= 15 is 0 Å². The number of hydrogen-bond donors (Lipinski definition) is 1. The summed E-state index contributed by atoms with van der Waals surface area (Å²) in [5, 5.41) is 10.7. The van der Waals surface area contributed by atoms with Crippen molar-refractivity contribution in [2.45, 2.75) is 57.7 Å². The van der Waals surface area contributed by atoms with Gasteiger partial charge in [0.05, 0.1) is 6.61 Å². The van der Waals surface area contributed by atoms with E-state index < -0.39 is 54.7 Å². The van der Waals surface area contributed by atoms with Crippen LogP contribution in [0.5, 0.6) is 0 Å². The highest BCUT2D eigenvalue weighted by Gasteiger charge is 2.56. The van der Waals surface area contributed by atoms with E-state index in [4.69, 9.17) is 18.9 Å². The van der Waals surface area contributed by atoms with Gasteiger partial charge >= 0.3 is 5.97 Å². The van der Waals surface area contributed by atoms with E-state index in [1.165, 1.54) is 20.8 Å². The summed E-state index contributed by atoms with van der Waals surface area (Å²) < 4.78 is 22.9. The fourth-order valence-corrected chi connectivity index (χ4v) is 4.00. The molecule has 9 heteroatoms. The predicted octanol–water partition coefficient (Wildman–Crippen LogP) is 0.823. The molecule has 0 spiro atoms. The molecule has 2 amide bonds. The van der Waals surface area contributed by atoms with Crippen LogP contribution in [0, 0.1) is 0 Å². The van der Waals surface area contributed by atoms with Crippen molar-refractivity contribution in [3.63, 3.8) is 0 Å². The summed E-state index contributed by atoms with van der Waals surface area (Å²) in [5.41, 5.74) is 1.29. The van der Waals surface area contributed by atoms with Gasteiger partial charge in [-0.2, -0.15) is 0 Å². The Balaban J connectivity index is 1.67. The van der Waals surface area contributed by atoms with Crippen LogP contribution >= 0.6 is 0 Å². The summed E-state index contributed by atoms with van der Waals surface area (Å²) in [5.74, 6) is -1.76. The number of esters is 1. The molecule has 0 radical (unpaired) electrons. The lowest BCUT2D eigenvalue weighted by Crippen LogP contribution is -2.68. The summed E-state index contributed by atoms with van der Waals surface area (Å²) in [7, 11) is 0. The second-order valence-electron chi connectivity index (χ2n) is 7.54. The van der Waals surface area contributed by atoms with Gasteiger partial charge in [0, 0.05) is 23.6 Å².